The first-order valence-electron chi connectivity index (χ1n) is 14.6. The maximum Gasteiger partial charge on any atom is 0.339 e. The molecule has 0 aliphatic heterocycles. The molecule has 1 aromatic carbocycles. The minimum Gasteiger partial charge on any atom is -0.481 e. The Balaban J connectivity index is 0.000000413. The summed E-state index contributed by atoms with van der Waals surface area (Å²) in [5.41, 5.74) is 0.942. The third kappa shape index (κ3) is 11.2. The van der Waals surface area contributed by atoms with E-state index in [1.165, 1.54) is 19.1 Å². The summed E-state index contributed by atoms with van der Waals surface area (Å²) in [5, 5.41) is 47.8. The van der Waals surface area contributed by atoms with Crippen molar-refractivity contribution < 1.29 is 54.2 Å². The molecule has 0 fully saturated rings. The molecule has 1 aromatic rings. The SMILES string of the molecule is CC(=O)Oc1ccccc1C(=O)O.CCC(C)C(=O)O[C@H]1C[C@H](O)C=C2C=C[C@H](C)[C@H](CCC(O)CC(O)CC(=O)O)[C@H]21. The Morgan fingerprint density at radius 2 is 1.74 bits per heavy atom. The van der Waals surface area contributed by atoms with E-state index in [1.54, 1.807) is 12.1 Å². The third-order valence-corrected chi connectivity index (χ3v) is 7.81. The van der Waals surface area contributed by atoms with Gasteiger partial charge >= 0.3 is 23.9 Å². The highest BCUT2D eigenvalue weighted by molar-refractivity contribution is 5.91. The molecule has 2 aliphatic rings. The molecule has 0 radical (unpaired) electrons. The predicted molar refractivity (Wildman–Crippen MR) is 156 cm³/mol. The van der Waals surface area contributed by atoms with Crippen LogP contribution in [-0.2, 0) is 19.1 Å². The van der Waals surface area contributed by atoms with Crippen molar-refractivity contribution in [1.82, 2.24) is 0 Å². The minimum absolute atomic E-state index is 0.0156. The molecular formula is C32H44O11. The average Bonchev–Trinajstić information content (AvgIpc) is 2.91. The minimum atomic E-state index is -1.11. The van der Waals surface area contributed by atoms with Gasteiger partial charge in [-0.15, -0.1) is 0 Å². The molecule has 5 N–H and O–H groups in total. The summed E-state index contributed by atoms with van der Waals surface area (Å²) < 4.78 is 10.5. The Kier molecular flexibility index (Phi) is 14.0. The van der Waals surface area contributed by atoms with Gasteiger partial charge in [-0.3, -0.25) is 14.4 Å². The smallest absolute Gasteiger partial charge is 0.339 e. The zero-order valence-corrected chi connectivity index (χ0v) is 25.1. The normalized spacial score (nSPS) is 24.6. The van der Waals surface area contributed by atoms with Gasteiger partial charge in [0.2, 0.25) is 0 Å². The Hall–Kier alpha value is -3.54. The molecule has 8 atom stereocenters. The van der Waals surface area contributed by atoms with Crippen molar-refractivity contribution in [2.24, 2.45) is 23.7 Å². The lowest BCUT2D eigenvalue weighted by Gasteiger charge is -2.43. The van der Waals surface area contributed by atoms with Gasteiger partial charge in [0.05, 0.1) is 30.7 Å². The maximum absolute atomic E-state index is 12.4. The number of aromatic carboxylic acids is 1. The Morgan fingerprint density at radius 1 is 1.07 bits per heavy atom. The Labute approximate surface area is 251 Å². The largest absolute Gasteiger partial charge is 0.481 e. The van der Waals surface area contributed by atoms with E-state index in [0.29, 0.717) is 25.7 Å². The summed E-state index contributed by atoms with van der Waals surface area (Å²) >= 11 is 0. The van der Waals surface area contributed by atoms with E-state index >= 15 is 0 Å². The second kappa shape index (κ2) is 16.9. The number of carboxylic acids is 2. The number of esters is 2. The first-order chi connectivity index (χ1) is 20.2. The molecule has 11 heteroatoms. The number of benzene rings is 1. The molecule has 2 aliphatic carbocycles. The van der Waals surface area contributed by atoms with Crippen molar-refractivity contribution in [1.29, 1.82) is 0 Å². The molecule has 0 aromatic heterocycles. The number of aliphatic hydroxyl groups is 3. The van der Waals surface area contributed by atoms with E-state index in [2.05, 4.69) is 17.7 Å². The fourth-order valence-corrected chi connectivity index (χ4v) is 5.41. The number of hydrogen-bond donors (Lipinski definition) is 5. The average molecular weight is 605 g/mol. The predicted octanol–water partition coefficient (Wildman–Crippen LogP) is 3.75. The van der Waals surface area contributed by atoms with E-state index in [1.807, 2.05) is 26.0 Å². The summed E-state index contributed by atoms with van der Waals surface area (Å²) in [6, 6.07) is 5.98. The first kappa shape index (κ1) is 35.7. The van der Waals surface area contributed by atoms with Crippen LogP contribution >= 0.6 is 0 Å². The van der Waals surface area contributed by atoms with Crippen molar-refractivity contribution in [2.75, 3.05) is 0 Å². The van der Waals surface area contributed by atoms with Crippen molar-refractivity contribution in [2.45, 2.75) is 90.6 Å². The summed E-state index contributed by atoms with van der Waals surface area (Å²) in [4.78, 5) is 44.3. The summed E-state index contributed by atoms with van der Waals surface area (Å²) in [6.07, 6.45) is 4.64. The highest BCUT2D eigenvalue weighted by Gasteiger charge is 2.42. The molecule has 0 heterocycles. The van der Waals surface area contributed by atoms with Crippen molar-refractivity contribution >= 4 is 23.9 Å². The third-order valence-electron chi connectivity index (χ3n) is 7.81. The van der Waals surface area contributed by atoms with Gasteiger partial charge < -0.3 is 35.0 Å². The van der Waals surface area contributed by atoms with Gasteiger partial charge in [0.15, 0.2) is 0 Å². The van der Waals surface area contributed by atoms with E-state index in [4.69, 9.17) is 14.9 Å². The van der Waals surface area contributed by atoms with E-state index < -0.39 is 42.3 Å². The number of carboxylic acid groups (broad SMARTS) is 2. The molecule has 238 valence electrons. The van der Waals surface area contributed by atoms with Crippen molar-refractivity contribution in [3.8, 4) is 5.75 Å². The van der Waals surface area contributed by atoms with Crippen LogP contribution in [0.2, 0.25) is 0 Å². The van der Waals surface area contributed by atoms with Gasteiger partial charge in [-0.25, -0.2) is 4.79 Å². The van der Waals surface area contributed by atoms with Gasteiger partial charge in [-0.05, 0) is 55.2 Å². The zero-order chi connectivity index (χ0) is 32.3. The second-order valence-corrected chi connectivity index (χ2v) is 11.3. The molecule has 0 spiro atoms. The number of carbonyl (C=O) groups excluding carboxylic acids is 2. The monoisotopic (exact) mass is 604 g/mol. The zero-order valence-electron chi connectivity index (χ0n) is 25.1. The molecule has 43 heavy (non-hydrogen) atoms. The number of carbonyl (C=O) groups is 4. The highest BCUT2D eigenvalue weighted by Crippen LogP contribution is 2.44. The van der Waals surface area contributed by atoms with Crippen LogP contribution in [0.25, 0.3) is 0 Å². The number of aliphatic carboxylic acids is 1. The lowest BCUT2D eigenvalue weighted by molar-refractivity contribution is -0.159. The van der Waals surface area contributed by atoms with Crippen LogP contribution in [0.15, 0.2) is 48.1 Å². The number of ether oxygens (including phenoxy) is 2. The summed E-state index contributed by atoms with van der Waals surface area (Å²) in [5.74, 6) is -2.89. The van der Waals surface area contributed by atoms with E-state index in [9.17, 15) is 34.5 Å². The van der Waals surface area contributed by atoms with Crippen LogP contribution in [0.1, 0.15) is 76.6 Å². The number of rotatable bonds is 12. The fraction of sp³-hybridized carbons (Fsp3) is 0.562. The summed E-state index contributed by atoms with van der Waals surface area (Å²) in [7, 11) is 0. The highest BCUT2D eigenvalue weighted by atomic mass is 16.5. The van der Waals surface area contributed by atoms with Gasteiger partial charge in [-0.1, -0.05) is 51.1 Å². The van der Waals surface area contributed by atoms with Gasteiger partial charge in [0.25, 0.3) is 0 Å². The molecule has 3 rings (SSSR count). The van der Waals surface area contributed by atoms with Crippen LogP contribution in [0.4, 0.5) is 0 Å². The topological polar surface area (TPSA) is 188 Å². The Morgan fingerprint density at radius 3 is 2.35 bits per heavy atom. The van der Waals surface area contributed by atoms with Gasteiger partial charge in [0, 0.05) is 19.3 Å². The maximum atomic E-state index is 12.4. The lowest BCUT2D eigenvalue weighted by atomic mass is 9.66. The van der Waals surface area contributed by atoms with Crippen LogP contribution in [-0.4, -0.2) is 73.8 Å². The van der Waals surface area contributed by atoms with Crippen LogP contribution < -0.4 is 4.74 Å². The molecule has 0 saturated carbocycles. The lowest BCUT2D eigenvalue weighted by Crippen LogP contribution is -2.43. The van der Waals surface area contributed by atoms with Crippen molar-refractivity contribution in [3.05, 3.63) is 53.6 Å². The van der Waals surface area contributed by atoms with Crippen LogP contribution in [0.5, 0.6) is 5.75 Å². The number of para-hydroxylation sites is 1. The van der Waals surface area contributed by atoms with E-state index in [0.717, 1.165) is 5.57 Å². The Bertz CT molecular complexity index is 1170. The standard InChI is InChI=1S/C23H36O7.C9H8O4/c1-4-13(2)23(29)30-20-11-17(25)9-15-6-5-14(3)19(22(15)20)8-7-16(24)10-18(26)12-21(27)28;1-6(10)13-8-5-3-2-4-7(8)9(11)12/h5-6,9,13-14,16-20,22,24-26H,4,7-8,10-12H2,1-3H3,(H,27,28);2-5H,1H3,(H,11,12)/t13?,14-,16?,17+,18?,19-,20-,22-;/m0./s1. The molecule has 0 amide bonds. The first-order valence-corrected chi connectivity index (χ1v) is 14.6. The molecule has 0 saturated heterocycles. The molecular weight excluding hydrogens is 560 g/mol. The van der Waals surface area contributed by atoms with Gasteiger partial charge in [0.1, 0.15) is 17.4 Å². The molecule has 0 bridgehead atoms. The second-order valence-electron chi connectivity index (χ2n) is 11.3. The fourth-order valence-electron chi connectivity index (χ4n) is 5.41. The molecule has 3 unspecified atom stereocenters. The van der Waals surface area contributed by atoms with Gasteiger partial charge in [-0.2, -0.15) is 0 Å². The number of hydrogen-bond acceptors (Lipinski definition) is 9. The quantitative estimate of drug-likeness (QED) is 0.173. The number of allylic oxidation sites excluding steroid dienone is 2. The van der Waals surface area contributed by atoms with E-state index in [-0.39, 0.29) is 53.8 Å². The summed E-state index contributed by atoms with van der Waals surface area (Å²) in [6.45, 7) is 7.07. The molecule has 11 nitrogen and oxygen atoms in total. The number of aliphatic hydroxyl groups excluding tert-OH is 3. The number of fused-ring (bicyclic) bond motifs is 1. The van der Waals surface area contributed by atoms with Crippen LogP contribution in [0.3, 0.4) is 0 Å². The van der Waals surface area contributed by atoms with Crippen molar-refractivity contribution in [3.63, 3.8) is 0 Å². The van der Waals surface area contributed by atoms with Crippen LogP contribution in [0, 0.1) is 23.7 Å².